The molecule has 1 saturated heterocycles. The van der Waals surface area contributed by atoms with Crippen molar-refractivity contribution in [2.75, 3.05) is 20.4 Å². The number of methoxy groups -OCH3 is 1. The molecule has 3 atom stereocenters. The van der Waals surface area contributed by atoms with Crippen LogP contribution in [0.25, 0.3) is 0 Å². The normalized spacial score (nSPS) is 21.4. The third kappa shape index (κ3) is 7.31. The zero-order valence-electron chi connectivity index (χ0n) is 27.7. The van der Waals surface area contributed by atoms with Crippen molar-refractivity contribution in [3.8, 4) is 5.75 Å². The number of nitrogens with zero attached hydrogens (tertiary/aromatic N) is 3. The molecule has 48 heavy (non-hydrogen) atoms. The average molecular weight is 673 g/mol. The molecular weight excluding hydrogens is 630 g/mol. The van der Waals surface area contributed by atoms with Crippen molar-refractivity contribution in [1.29, 1.82) is 0 Å². The Morgan fingerprint density at radius 3 is 2.69 bits per heavy atom. The molecule has 0 unspecified atom stereocenters. The molecule has 1 aromatic heterocycles. The third-order valence-corrected chi connectivity index (χ3v) is 9.29. The van der Waals surface area contributed by atoms with E-state index in [1.165, 1.54) is 23.9 Å². The lowest BCUT2D eigenvalue weighted by Gasteiger charge is -2.42. The van der Waals surface area contributed by atoms with E-state index in [1.54, 1.807) is 4.90 Å². The van der Waals surface area contributed by atoms with E-state index in [2.05, 4.69) is 24.3 Å². The monoisotopic (exact) mass is 672 g/mol. The van der Waals surface area contributed by atoms with E-state index in [0.29, 0.717) is 37.1 Å². The molecule has 2 amide bonds. The summed E-state index contributed by atoms with van der Waals surface area (Å²) < 4.78 is 45.6. The van der Waals surface area contributed by atoms with Gasteiger partial charge in [0, 0.05) is 43.4 Å². The van der Waals surface area contributed by atoms with Crippen molar-refractivity contribution in [2.24, 2.45) is 11.1 Å². The van der Waals surface area contributed by atoms with E-state index >= 15 is 0 Å². The van der Waals surface area contributed by atoms with Gasteiger partial charge in [-0.15, -0.1) is 0 Å². The maximum atomic E-state index is 14.3. The van der Waals surface area contributed by atoms with Gasteiger partial charge in [-0.05, 0) is 38.2 Å². The molecule has 2 bridgehead atoms. The summed E-state index contributed by atoms with van der Waals surface area (Å²) >= 11 is 0. The van der Waals surface area contributed by atoms with Gasteiger partial charge in [-0.1, -0.05) is 44.3 Å². The fourth-order valence-electron chi connectivity index (χ4n) is 6.47. The SMILES string of the molecule is COC1=NO[C@@]2(CC[C@H](C)N3C[C@H]2n2cc(C(=O)NCc4ccc(F)cc4F)c(=O)c(OCOC(=O)CCCCCC(C)C)c2C3=O)C1. The second-order valence-corrected chi connectivity index (χ2v) is 13.0. The number of aromatic nitrogens is 1. The van der Waals surface area contributed by atoms with Gasteiger partial charge in [0.15, 0.2) is 11.3 Å². The largest absolute Gasteiger partial charge is 0.482 e. The minimum atomic E-state index is -0.969. The van der Waals surface area contributed by atoms with Crippen LogP contribution in [0.15, 0.2) is 34.3 Å². The van der Waals surface area contributed by atoms with E-state index in [4.69, 9.17) is 19.0 Å². The van der Waals surface area contributed by atoms with E-state index < -0.39 is 64.6 Å². The number of rotatable bonds is 12. The fourth-order valence-corrected chi connectivity index (χ4v) is 6.47. The molecule has 12 nitrogen and oxygen atoms in total. The number of ether oxygens (including phenoxy) is 3. The van der Waals surface area contributed by atoms with Crippen molar-refractivity contribution in [3.63, 3.8) is 0 Å². The number of pyridine rings is 1. The van der Waals surface area contributed by atoms with E-state index in [9.17, 15) is 28.0 Å². The molecule has 1 spiro atoms. The summed E-state index contributed by atoms with van der Waals surface area (Å²) in [6.07, 6.45) is 6.32. The van der Waals surface area contributed by atoms with Gasteiger partial charge in [0.1, 0.15) is 17.2 Å². The summed E-state index contributed by atoms with van der Waals surface area (Å²) in [4.78, 5) is 61.5. The van der Waals surface area contributed by atoms with Gasteiger partial charge in [0.25, 0.3) is 11.8 Å². The third-order valence-electron chi connectivity index (χ3n) is 9.29. The van der Waals surface area contributed by atoms with Gasteiger partial charge in [-0.25, -0.2) is 8.78 Å². The van der Waals surface area contributed by atoms with E-state index in [0.717, 1.165) is 25.3 Å². The molecule has 1 fully saturated rings. The van der Waals surface area contributed by atoms with Crippen LogP contribution in [-0.2, 0) is 25.7 Å². The van der Waals surface area contributed by atoms with Gasteiger partial charge in [0.2, 0.25) is 23.9 Å². The van der Waals surface area contributed by atoms with E-state index in [1.807, 2.05) is 6.92 Å². The smallest absolute Gasteiger partial charge is 0.308 e. The topological polar surface area (TPSA) is 138 Å². The van der Waals surface area contributed by atoms with Crippen LogP contribution in [0.5, 0.6) is 5.75 Å². The molecule has 1 aromatic carbocycles. The molecule has 0 radical (unpaired) electrons. The zero-order chi connectivity index (χ0) is 34.6. The minimum absolute atomic E-state index is 0.00142. The highest BCUT2D eigenvalue weighted by molar-refractivity contribution is 5.99. The summed E-state index contributed by atoms with van der Waals surface area (Å²) in [5.74, 6) is -3.06. The van der Waals surface area contributed by atoms with Gasteiger partial charge in [-0.3, -0.25) is 19.2 Å². The van der Waals surface area contributed by atoms with Crippen molar-refractivity contribution >= 4 is 23.7 Å². The summed E-state index contributed by atoms with van der Waals surface area (Å²) in [7, 11) is 1.48. The van der Waals surface area contributed by atoms with Crippen molar-refractivity contribution in [3.05, 3.63) is 63.1 Å². The van der Waals surface area contributed by atoms with Crippen LogP contribution < -0.4 is 15.5 Å². The number of oxime groups is 1. The summed E-state index contributed by atoms with van der Waals surface area (Å²) in [6, 6.07) is 2.08. The highest BCUT2D eigenvalue weighted by Crippen LogP contribution is 2.46. The Morgan fingerprint density at radius 1 is 1.19 bits per heavy atom. The number of carbonyl (C=O) groups excluding carboxylic acids is 3. The maximum Gasteiger partial charge on any atom is 0.308 e. The average Bonchev–Trinajstić information content (AvgIpc) is 3.43. The second-order valence-electron chi connectivity index (χ2n) is 13.0. The predicted molar refractivity (Wildman–Crippen MR) is 169 cm³/mol. The van der Waals surface area contributed by atoms with Gasteiger partial charge in [-0.2, -0.15) is 0 Å². The van der Waals surface area contributed by atoms with Gasteiger partial charge >= 0.3 is 5.97 Å². The molecule has 0 saturated carbocycles. The highest BCUT2D eigenvalue weighted by Gasteiger charge is 2.55. The minimum Gasteiger partial charge on any atom is -0.482 e. The van der Waals surface area contributed by atoms with Crippen molar-refractivity contribution < 1.29 is 42.2 Å². The first-order chi connectivity index (χ1) is 22.9. The van der Waals surface area contributed by atoms with E-state index in [-0.39, 0.29) is 43.2 Å². The van der Waals surface area contributed by atoms with Crippen LogP contribution in [0, 0.1) is 17.6 Å². The number of esters is 1. The number of unbranched alkanes of at least 4 members (excludes halogenated alkanes) is 2. The van der Waals surface area contributed by atoms with Crippen molar-refractivity contribution in [1.82, 2.24) is 14.8 Å². The molecule has 1 N–H and O–H groups in total. The molecule has 3 aliphatic rings. The Bertz CT molecular complexity index is 1640. The number of hydrogen-bond donors (Lipinski definition) is 1. The van der Waals surface area contributed by atoms with Crippen molar-refractivity contribution in [2.45, 2.75) is 96.4 Å². The Morgan fingerprint density at radius 2 is 1.98 bits per heavy atom. The first kappa shape index (κ1) is 34.8. The summed E-state index contributed by atoms with van der Waals surface area (Å²) in [5.41, 5.74) is -2.40. The lowest BCUT2D eigenvalue weighted by Crippen LogP contribution is -2.52. The Balaban J connectivity index is 1.46. The van der Waals surface area contributed by atoms with Gasteiger partial charge in [0.05, 0.1) is 19.6 Å². The fraction of sp³-hybridized carbons (Fsp3) is 0.559. The number of amides is 2. The number of benzene rings is 1. The summed E-state index contributed by atoms with van der Waals surface area (Å²) in [6.45, 7) is 5.36. The van der Waals surface area contributed by atoms with Crippen LogP contribution >= 0.6 is 0 Å². The van der Waals surface area contributed by atoms with Crippen LogP contribution in [0.2, 0.25) is 0 Å². The highest BCUT2D eigenvalue weighted by atomic mass is 19.1. The Kier molecular flexibility index (Phi) is 10.7. The molecular formula is C34H42F2N4O8. The standard InChI is InChI=1S/C34H42F2N4O8/c1-20(2)8-6-5-7-9-28(41)46-19-47-31-29-33(44)39-18-26(34(13-12-21(39)3)15-27(45-4)38-48-34)40(29)17-24(30(31)42)32(43)37-16-22-10-11-23(35)14-25(22)36/h10-11,14,17,20-21,26H,5-9,12-13,15-16,18-19H2,1-4H3,(H,37,43)/t21-,26+,34-/m0/s1. The zero-order valence-corrected chi connectivity index (χ0v) is 27.7. The number of carbonyl (C=O) groups is 3. The van der Waals surface area contributed by atoms with Crippen LogP contribution in [-0.4, -0.2) is 65.2 Å². The van der Waals surface area contributed by atoms with Crippen LogP contribution in [0.3, 0.4) is 0 Å². The Labute approximate surface area is 277 Å². The molecule has 260 valence electrons. The molecule has 0 aliphatic carbocycles. The quantitative estimate of drug-likeness (QED) is 0.192. The second kappa shape index (κ2) is 14.7. The Hall–Kier alpha value is -4.49. The lowest BCUT2D eigenvalue weighted by molar-refractivity contribution is -0.150. The molecule has 3 aliphatic heterocycles. The first-order valence-electron chi connectivity index (χ1n) is 16.3. The van der Waals surface area contributed by atoms with Crippen LogP contribution in [0.1, 0.15) is 105 Å². The number of nitrogens with one attached hydrogen (secondary N) is 1. The lowest BCUT2D eigenvalue weighted by atomic mass is 9.85. The number of halogens is 2. The maximum absolute atomic E-state index is 14.3. The molecule has 2 aromatic rings. The number of fused-ring (bicyclic) bond motifs is 5. The molecule has 4 heterocycles. The summed E-state index contributed by atoms with van der Waals surface area (Å²) in [5, 5.41) is 6.61. The van der Waals surface area contributed by atoms with Gasteiger partial charge < -0.3 is 33.8 Å². The first-order valence-corrected chi connectivity index (χ1v) is 16.3. The predicted octanol–water partition coefficient (Wildman–Crippen LogP) is 4.84. The molecule has 5 rings (SSSR count). The number of hydrogen-bond acceptors (Lipinski definition) is 9. The van der Waals surface area contributed by atoms with Crippen LogP contribution in [0.4, 0.5) is 8.78 Å². The molecule has 14 heteroatoms.